The lowest BCUT2D eigenvalue weighted by Gasteiger charge is -2.40. The van der Waals surface area contributed by atoms with E-state index < -0.39 is 0 Å². The quantitative estimate of drug-likeness (QED) is 0.516. The van der Waals surface area contributed by atoms with Gasteiger partial charge in [-0.3, -0.25) is 4.79 Å². The highest BCUT2D eigenvalue weighted by atomic mass is 16.1. The van der Waals surface area contributed by atoms with E-state index >= 15 is 0 Å². The van der Waals surface area contributed by atoms with Gasteiger partial charge in [0, 0.05) is 38.0 Å². The molecule has 0 aliphatic carbocycles. The van der Waals surface area contributed by atoms with Crippen molar-refractivity contribution in [2.45, 2.75) is 24.9 Å². The fourth-order valence-electron chi connectivity index (χ4n) is 2.15. The fraction of sp³-hybridized carbons (Fsp3) is 0.875. The van der Waals surface area contributed by atoms with Gasteiger partial charge < -0.3 is 10.2 Å². The number of likely N-dealkylation sites (tertiary alicyclic amines) is 1. The molecule has 1 N–H and O–H groups in total. The fourth-order valence-corrected chi connectivity index (χ4v) is 2.15. The Hall–Kier alpha value is -0.410. The zero-order valence-corrected chi connectivity index (χ0v) is 6.84. The standard InChI is InChI=1S/C8H14N2O/c1-10-4-6-2-8(11)3-7(5-10)9-6/h6-7,9H,2-5H2,1H3. The van der Waals surface area contributed by atoms with E-state index in [9.17, 15) is 4.79 Å². The highest BCUT2D eigenvalue weighted by Crippen LogP contribution is 2.15. The van der Waals surface area contributed by atoms with Crippen LogP contribution in [-0.2, 0) is 4.79 Å². The number of hydrogen-bond donors (Lipinski definition) is 1. The molecule has 2 saturated heterocycles. The van der Waals surface area contributed by atoms with Gasteiger partial charge in [-0.05, 0) is 7.05 Å². The van der Waals surface area contributed by atoms with Crippen LogP contribution in [0.1, 0.15) is 12.8 Å². The number of Topliss-reactive ketones (excluding diaryl/α,β-unsaturated/α-hetero) is 1. The maximum Gasteiger partial charge on any atom is 0.136 e. The third kappa shape index (κ3) is 1.44. The van der Waals surface area contributed by atoms with Gasteiger partial charge >= 0.3 is 0 Å². The molecule has 2 unspecified atom stereocenters. The van der Waals surface area contributed by atoms with E-state index in [4.69, 9.17) is 0 Å². The van der Waals surface area contributed by atoms with Crippen LogP contribution in [0.4, 0.5) is 0 Å². The van der Waals surface area contributed by atoms with Gasteiger partial charge in [0.2, 0.25) is 0 Å². The minimum absolute atomic E-state index is 0.431. The van der Waals surface area contributed by atoms with Crippen LogP contribution in [0.15, 0.2) is 0 Å². The highest BCUT2D eigenvalue weighted by Gasteiger charge is 2.31. The molecule has 3 heteroatoms. The largest absolute Gasteiger partial charge is 0.308 e. The molecule has 2 aliphatic rings. The Morgan fingerprint density at radius 1 is 1.36 bits per heavy atom. The van der Waals surface area contributed by atoms with Crippen molar-refractivity contribution in [3.05, 3.63) is 0 Å². The van der Waals surface area contributed by atoms with Gasteiger partial charge in [-0.2, -0.15) is 0 Å². The molecule has 3 nitrogen and oxygen atoms in total. The topological polar surface area (TPSA) is 32.3 Å². The summed E-state index contributed by atoms with van der Waals surface area (Å²) in [6, 6.07) is 0.861. The number of likely N-dealkylation sites (N-methyl/N-ethyl adjacent to an activating group) is 1. The van der Waals surface area contributed by atoms with Crippen molar-refractivity contribution in [1.29, 1.82) is 0 Å². The summed E-state index contributed by atoms with van der Waals surface area (Å²) in [6.07, 6.45) is 1.47. The van der Waals surface area contributed by atoms with Gasteiger partial charge in [-0.15, -0.1) is 0 Å². The normalized spacial score (nSPS) is 39.2. The van der Waals surface area contributed by atoms with Crippen LogP contribution < -0.4 is 5.32 Å². The zero-order valence-electron chi connectivity index (χ0n) is 6.84. The van der Waals surface area contributed by atoms with E-state index in [1.165, 1.54) is 0 Å². The predicted octanol–water partition coefficient (Wildman–Crippen LogP) is -0.378. The highest BCUT2D eigenvalue weighted by molar-refractivity contribution is 5.80. The first-order chi connectivity index (χ1) is 5.24. The summed E-state index contributed by atoms with van der Waals surface area (Å²) in [4.78, 5) is 13.4. The second kappa shape index (κ2) is 2.57. The molecule has 2 rings (SSSR count). The third-order valence-corrected chi connectivity index (χ3v) is 2.48. The van der Waals surface area contributed by atoms with Gasteiger partial charge in [0.1, 0.15) is 5.78 Å². The van der Waals surface area contributed by atoms with Crippen LogP contribution in [0.25, 0.3) is 0 Å². The van der Waals surface area contributed by atoms with Gasteiger partial charge in [0.25, 0.3) is 0 Å². The second-order valence-corrected chi connectivity index (χ2v) is 3.73. The van der Waals surface area contributed by atoms with Crippen molar-refractivity contribution in [3.8, 4) is 0 Å². The summed E-state index contributed by atoms with van der Waals surface area (Å²) in [5.41, 5.74) is 0. The van der Waals surface area contributed by atoms with Crippen molar-refractivity contribution >= 4 is 5.78 Å². The van der Waals surface area contributed by atoms with Crippen LogP contribution in [0, 0.1) is 0 Å². The van der Waals surface area contributed by atoms with Crippen molar-refractivity contribution in [1.82, 2.24) is 10.2 Å². The molecular formula is C8H14N2O. The average molecular weight is 154 g/mol. The smallest absolute Gasteiger partial charge is 0.136 e. The molecule has 2 bridgehead atoms. The van der Waals surface area contributed by atoms with Crippen molar-refractivity contribution in [2.75, 3.05) is 20.1 Å². The maximum atomic E-state index is 11.1. The Balaban J connectivity index is 2.05. The molecule has 62 valence electrons. The zero-order chi connectivity index (χ0) is 7.84. The van der Waals surface area contributed by atoms with Gasteiger partial charge in [-0.25, -0.2) is 0 Å². The lowest BCUT2D eigenvalue weighted by molar-refractivity contribution is -0.122. The Morgan fingerprint density at radius 2 is 1.91 bits per heavy atom. The van der Waals surface area contributed by atoms with Crippen molar-refractivity contribution in [3.63, 3.8) is 0 Å². The molecule has 11 heavy (non-hydrogen) atoms. The molecule has 2 fully saturated rings. The van der Waals surface area contributed by atoms with E-state index in [2.05, 4.69) is 17.3 Å². The Bertz CT molecular complexity index is 161. The molecule has 2 heterocycles. The molecule has 0 aromatic heterocycles. The molecule has 0 amide bonds. The molecule has 0 spiro atoms. The number of hydrogen-bond acceptors (Lipinski definition) is 3. The number of ketones is 1. The number of carbonyl (C=O) groups excluding carboxylic acids is 1. The Morgan fingerprint density at radius 3 is 2.45 bits per heavy atom. The van der Waals surface area contributed by atoms with Crippen molar-refractivity contribution in [2.24, 2.45) is 0 Å². The van der Waals surface area contributed by atoms with E-state index in [-0.39, 0.29) is 0 Å². The molecule has 0 aromatic rings. The van der Waals surface area contributed by atoms with E-state index in [1.807, 2.05) is 0 Å². The van der Waals surface area contributed by atoms with Crippen LogP contribution in [0.3, 0.4) is 0 Å². The summed E-state index contributed by atoms with van der Waals surface area (Å²) in [5.74, 6) is 0.437. The molecule has 0 radical (unpaired) electrons. The maximum absolute atomic E-state index is 11.1. The molecule has 2 aliphatic heterocycles. The first-order valence-corrected chi connectivity index (χ1v) is 4.20. The van der Waals surface area contributed by atoms with Crippen LogP contribution >= 0.6 is 0 Å². The summed E-state index contributed by atoms with van der Waals surface area (Å²) in [6.45, 7) is 2.06. The number of carbonyl (C=O) groups is 1. The predicted molar refractivity (Wildman–Crippen MR) is 42.4 cm³/mol. The average Bonchev–Trinajstić information content (AvgIpc) is 1.82. The van der Waals surface area contributed by atoms with Crippen molar-refractivity contribution < 1.29 is 4.79 Å². The van der Waals surface area contributed by atoms with Gasteiger partial charge in [-0.1, -0.05) is 0 Å². The molecular weight excluding hydrogens is 140 g/mol. The lowest BCUT2D eigenvalue weighted by atomic mass is 9.93. The number of fused-ring (bicyclic) bond motifs is 2. The number of piperazine rings is 1. The minimum atomic E-state index is 0.431. The van der Waals surface area contributed by atoms with Crippen LogP contribution in [0.2, 0.25) is 0 Å². The van der Waals surface area contributed by atoms with E-state index in [0.717, 1.165) is 25.9 Å². The minimum Gasteiger partial charge on any atom is -0.308 e. The Labute approximate surface area is 66.8 Å². The van der Waals surface area contributed by atoms with Crippen LogP contribution in [-0.4, -0.2) is 42.9 Å². The third-order valence-electron chi connectivity index (χ3n) is 2.48. The second-order valence-electron chi connectivity index (χ2n) is 3.73. The van der Waals surface area contributed by atoms with Gasteiger partial charge in [0.15, 0.2) is 0 Å². The number of nitrogens with zero attached hydrogens (tertiary/aromatic N) is 1. The molecule has 0 aromatic carbocycles. The van der Waals surface area contributed by atoms with E-state index in [0.29, 0.717) is 17.9 Å². The van der Waals surface area contributed by atoms with Crippen LogP contribution in [0.5, 0.6) is 0 Å². The number of nitrogens with one attached hydrogen (secondary N) is 1. The first-order valence-electron chi connectivity index (χ1n) is 4.20. The molecule has 2 atom stereocenters. The Kier molecular flexibility index (Phi) is 1.69. The summed E-state index contributed by atoms with van der Waals surface area (Å²) in [7, 11) is 2.12. The monoisotopic (exact) mass is 154 g/mol. The lowest BCUT2D eigenvalue weighted by Crippen LogP contribution is -2.59. The molecule has 0 saturated carbocycles. The van der Waals surface area contributed by atoms with E-state index in [1.54, 1.807) is 0 Å². The summed E-state index contributed by atoms with van der Waals surface area (Å²) >= 11 is 0. The van der Waals surface area contributed by atoms with Gasteiger partial charge in [0.05, 0.1) is 0 Å². The first kappa shape index (κ1) is 7.25. The number of piperidine rings is 1. The SMILES string of the molecule is CN1CC2CC(=O)CC(C1)N2. The number of rotatable bonds is 0. The summed E-state index contributed by atoms with van der Waals surface area (Å²) < 4.78 is 0. The summed E-state index contributed by atoms with van der Waals surface area (Å²) in [5, 5.41) is 3.45.